The highest BCUT2D eigenvalue weighted by Crippen LogP contribution is 2.30. The van der Waals surface area contributed by atoms with E-state index in [0.717, 1.165) is 44.8 Å². The van der Waals surface area contributed by atoms with E-state index in [1.165, 1.54) is 5.56 Å². The maximum atomic E-state index is 8.95. The standard InChI is InChI=1S/C16H25NO3/c1-19-15-5-3-13(4-6-15)16(17-9-2-10-18)14-7-11-20-12-8-14/h3-6,14,16-18H,2,7-12H2,1H3. The van der Waals surface area contributed by atoms with Gasteiger partial charge in [-0.1, -0.05) is 12.1 Å². The summed E-state index contributed by atoms with van der Waals surface area (Å²) in [4.78, 5) is 0. The maximum Gasteiger partial charge on any atom is 0.118 e. The maximum absolute atomic E-state index is 8.95. The third kappa shape index (κ3) is 4.20. The molecule has 0 aromatic heterocycles. The smallest absolute Gasteiger partial charge is 0.118 e. The van der Waals surface area contributed by atoms with Gasteiger partial charge in [-0.2, -0.15) is 0 Å². The van der Waals surface area contributed by atoms with E-state index in [1.807, 2.05) is 12.1 Å². The first kappa shape index (κ1) is 15.3. The molecule has 0 saturated carbocycles. The molecule has 1 aliphatic rings. The monoisotopic (exact) mass is 279 g/mol. The molecule has 0 radical (unpaired) electrons. The van der Waals surface area contributed by atoms with Crippen LogP contribution in [0, 0.1) is 5.92 Å². The summed E-state index contributed by atoms with van der Waals surface area (Å²) in [7, 11) is 1.68. The van der Waals surface area contributed by atoms with Gasteiger partial charge in [0.25, 0.3) is 0 Å². The number of rotatable bonds is 7. The summed E-state index contributed by atoms with van der Waals surface area (Å²) in [6, 6.07) is 8.61. The van der Waals surface area contributed by atoms with Crippen molar-refractivity contribution in [3.63, 3.8) is 0 Å². The van der Waals surface area contributed by atoms with Crippen LogP contribution in [0.2, 0.25) is 0 Å². The van der Waals surface area contributed by atoms with Crippen molar-refractivity contribution in [1.82, 2.24) is 5.32 Å². The first-order valence-electron chi connectivity index (χ1n) is 7.41. The van der Waals surface area contributed by atoms with Gasteiger partial charge in [0.05, 0.1) is 7.11 Å². The summed E-state index contributed by atoms with van der Waals surface area (Å²) in [5.74, 6) is 1.48. The molecule has 1 atom stereocenters. The van der Waals surface area contributed by atoms with Crippen LogP contribution in [0.4, 0.5) is 0 Å². The van der Waals surface area contributed by atoms with E-state index < -0.39 is 0 Å². The van der Waals surface area contributed by atoms with Crippen LogP contribution in [0.3, 0.4) is 0 Å². The minimum Gasteiger partial charge on any atom is -0.497 e. The van der Waals surface area contributed by atoms with E-state index in [4.69, 9.17) is 14.6 Å². The van der Waals surface area contributed by atoms with E-state index in [2.05, 4.69) is 17.4 Å². The topological polar surface area (TPSA) is 50.7 Å². The Bertz CT molecular complexity index is 374. The fraction of sp³-hybridized carbons (Fsp3) is 0.625. The van der Waals surface area contributed by atoms with Crippen LogP contribution in [0.15, 0.2) is 24.3 Å². The van der Waals surface area contributed by atoms with Crippen molar-refractivity contribution in [1.29, 1.82) is 0 Å². The van der Waals surface area contributed by atoms with Crippen LogP contribution in [-0.2, 0) is 4.74 Å². The van der Waals surface area contributed by atoms with Crippen LogP contribution in [0.25, 0.3) is 0 Å². The lowest BCUT2D eigenvalue weighted by Crippen LogP contribution is -2.33. The SMILES string of the molecule is COc1ccc(C(NCCCO)C2CCOCC2)cc1. The molecule has 0 aliphatic carbocycles. The summed E-state index contributed by atoms with van der Waals surface area (Å²) in [6.45, 7) is 2.76. The van der Waals surface area contributed by atoms with Gasteiger partial charge < -0.3 is 19.9 Å². The van der Waals surface area contributed by atoms with E-state index in [1.54, 1.807) is 7.11 Å². The first-order chi connectivity index (χ1) is 9.85. The predicted octanol–water partition coefficient (Wildman–Crippen LogP) is 2.13. The highest BCUT2D eigenvalue weighted by atomic mass is 16.5. The van der Waals surface area contributed by atoms with Crippen LogP contribution in [-0.4, -0.2) is 38.6 Å². The lowest BCUT2D eigenvalue weighted by molar-refractivity contribution is 0.0533. The van der Waals surface area contributed by atoms with Crippen molar-refractivity contribution in [2.75, 3.05) is 33.5 Å². The number of benzene rings is 1. The Kier molecular flexibility index (Phi) is 6.30. The van der Waals surface area contributed by atoms with Crippen molar-refractivity contribution in [3.8, 4) is 5.75 Å². The van der Waals surface area contributed by atoms with Crippen LogP contribution >= 0.6 is 0 Å². The molecular weight excluding hydrogens is 254 g/mol. The molecule has 112 valence electrons. The average molecular weight is 279 g/mol. The van der Waals surface area contributed by atoms with Crippen LogP contribution < -0.4 is 10.1 Å². The highest BCUT2D eigenvalue weighted by Gasteiger charge is 2.24. The Hall–Kier alpha value is -1.10. The Morgan fingerprint density at radius 2 is 2.00 bits per heavy atom. The van der Waals surface area contributed by atoms with Crippen molar-refractivity contribution >= 4 is 0 Å². The molecule has 2 N–H and O–H groups in total. The molecule has 1 saturated heterocycles. The van der Waals surface area contributed by atoms with Crippen molar-refractivity contribution in [3.05, 3.63) is 29.8 Å². The minimum absolute atomic E-state index is 0.232. The Morgan fingerprint density at radius 1 is 1.30 bits per heavy atom. The molecule has 0 bridgehead atoms. The molecule has 1 fully saturated rings. The minimum atomic E-state index is 0.232. The Labute approximate surface area is 121 Å². The second-order valence-corrected chi connectivity index (χ2v) is 5.23. The normalized spacial score (nSPS) is 17.9. The van der Waals surface area contributed by atoms with Gasteiger partial charge in [0.1, 0.15) is 5.75 Å². The predicted molar refractivity (Wildman–Crippen MR) is 79.0 cm³/mol. The average Bonchev–Trinajstić information content (AvgIpc) is 2.53. The van der Waals surface area contributed by atoms with E-state index >= 15 is 0 Å². The summed E-state index contributed by atoms with van der Waals surface area (Å²) in [6.07, 6.45) is 2.96. The first-order valence-corrected chi connectivity index (χ1v) is 7.41. The highest BCUT2D eigenvalue weighted by molar-refractivity contribution is 5.29. The number of hydrogen-bond donors (Lipinski definition) is 2. The van der Waals surface area contributed by atoms with E-state index in [-0.39, 0.29) is 6.61 Å². The molecule has 1 aromatic rings. The number of hydrogen-bond acceptors (Lipinski definition) is 4. The second-order valence-electron chi connectivity index (χ2n) is 5.23. The summed E-state index contributed by atoms with van der Waals surface area (Å²) in [5.41, 5.74) is 1.29. The molecular formula is C16H25NO3. The lowest BCUT2D eigenvalue weighted by Gasteiger charge is -2.31. The molecule has 4 heteroatoms. The number of aliphatic hydroxyl groups is 1. The fourth-order valence-corrected chi connectivity index (χ4v) is 2.75. The molecule has 2 rings (SSSR count). The third-order valence-corrected chi connectivity index (χ3v) is 3.91. The van der Waals surface area contributed by atoms with Gasteiger partial charge in [0.2, 0.25) is 0 Å². The van der Waals surface area contributed by atoms with E-state index in [0.29, 0.717) is 12.0 Å². The number of ether oxygens (including phenoxy) is 2. The van der Waals surface area contributed by atoms with Gasteiger partial charge in [0.15, 0.2) is 0 Å². The van der Waals surface area contributed by atoms with Crippen molar-refractivity contribution in [2.24, 2.45) is 5.92 Å². The zero-order chi connectivity index (χ0) is 14.2. The molecule has 1 unspecified atom stereocenters. The number of methoxy groups -OCH3 is 1. The van der Waals surface area contributed by atoms with Gasteiger partial charge in [-0.15, -0.1) is 0 Å². The van der Waals surface area contributed by atoms with Gasteiger partial charge in [-0.3, -0.25) is 0 Å². The molecule has 1 aromatic carbocycles. The van der Waals surface area contributed by atoms with Crippen LogP contribution in [0.1, 0.15) is 30.9 Å². The Morgan fingerprint density at radius 3 is 2.60 bits per heavy atom. The largest absolute Gasteiger partial charge is 0.497 e. The molecule has 0 amide bonds. The van der Waals surface area contributed by atoms with Crippen LogP contribution in [0.5, 0.6) is 5.75 Å². The molecule has 4 nitrogen and oxygen atoms in total. The van der Waals surface area contributed by atoms with Gasteiger partial charge in [-0.05, 0) is 49.4 Å². The number of nitrogens with one attached hydrogen (secondary N) is 1. The van der Waals surface area contributed by atoms with Crippen molar-refractivity contribution < 1.29 is 14.6 Å². The third-order valence-electron chi connectivity index (χ3n) is 3.91. The van der Waals surface area contributed by atoms with Gasteiger partial charge in [0, 0.05) is 25.9 Å². The quantitative estimate of drug-likeness (QED) is 0.751. The number of aliphatic hydroxyl groups excluding tert-OH is 1. The van der Waals surface area contributed by atoms with Gasteiger partial charge in [-0.25, -0.2) is 0 Å². The Balaban J connectivity index is 2.06. The molecule has 0 spiro atoms. The summed E-state index contributed by atoms with van der Waals surface area (Å²) in [5, 5.41) is 12.5. The zero-order valence-corrected chi connectivity index (χ0v) is 12.2. The fourth-order valence-electron chi connectivity index (χ4n) is 2.75. The van der Waals surface area contributed by atoms with E-state index in [9.17, 15) is 0 Å². The molecule has 1 heterocycles. The van der Waals surface area contributed by atoms with Gasteiger partial charge >= 0.3 is 0 Å². The van der Waals surface area contributed by atoms with Crippen molar-refractivity contribution in [2.45, 2.75) is 25.3 Å². The summed E-state index contributed by atoms with van der Waals surface area (Å²) >= 11 is 0. The summed E-state index contributed by atoms with van der Waals surface area (Å²) < 4.78 is 10.7. The molecule has 20 heavy (non-hydrogen) atoms. The molecule has 1 aliphatic heterocycles. The lowest BCUT2D eigenvalue weighted by atomic mass is 9.87. The second kappa shape index (κ2) is 8.25. The zero-order valence-electron chi connectivity index (χ0n) is 12.2.